The van der Waals surface area contributed by atoms with Crippen molar-refractivity contribution < 1.29 is 9.53 Å². The van der Waals surface area contributed by atoms with Gasteiger partial charge in [-0.15, -0.1) is 0 Å². The fourth-order valence-electron chi connectivity index (χ4n) is 3.69. The number of fused-ring (bicyclic) bond motifs is 1. The average molecular weight is 356 g/mol. The molecule has 0 spiro atoms. The summed E-state index contributed by atoms with van der Waals surface area (Å²) in [5, 5.41) is 0. The zero-order valence-corrected chi connectivity index (χ0v) is 15.0. The van der Waals surface area contributed by atoms with Crippen molar-refractivity contribution >= 4 is 11.9 Å². The van der Waals surface area contributed by atoms with Crippen LogP contribution in [-0.2, 0) is 22.7 Å². The highest BCUT2D eigenvalue weighted by molar-refractivity contribution is 5.77. The molecule has 2 aromatic rings. The number of rotatable bonds is 5. The lowest BCUT2D eigenvalue weighted by Crippen LogP contribution is -2.38. The monoisotopic (exact) mass is 356 g/mol. The Labute approximate surface area is 152 Å². The number of carbonyl (C=O) groups is 1. The van der Waals surface area contributed by atoms with Crippen LogP contribution in [0.3, 0.4) is 0 Å². The molecule has 0 unspecified atom stereocenters. The van der Waals surface area contributed by atoms with Crippen LogP contribution in [0.2, 0.25) is 0 Å². The third-order valence-electron chi connectivity index (χ3n) is 5.12. The Bertz CT molecular complexity index is 756. The maximum atomic E-state index is 12.1. The maximum absolute atomic E-state index is 12.1. The minimum absolute atomic E-state index is 0.0849. The molecule has 1 saturated heterocycles. The Morgan fingerprint density at radius 3 is 2.69 bits per heavy atom. The highest BCUT2D eigenvalue weighted by Crippen LogP contribution is 2.28. The van der Waals surface area contributed by atoms with E-state index < -0.39 is 0 Å². The first kappa shape index (κ1) is 17.0. The van der Waals surface area contributed by atoms with Crippen molar-refractivity contribution in [1.29, 1.82) is 0 Å². The summed E-state index contributed by atoms with van der Waals surface area (Å²) in [6.07, 6.45) is 7.56. The molecule has 4 rings (SSSR count). The van der Waals surface area contributed by atoms with Crippen molar-refractivity contribution in [2.75, 3.05) is 31.1 Å². The van der Waals surface area contributed by atoms with Crippen LogP contribution >= 0.6 is 0 Å². The SMILES string of the molecule is C[C@H]1c2ncc(COCC(=O)N3CCCC3)n2CCN1c1ncccn1. The van der Waals surface area contributed by atoms with Gasteiger partial charge in [-0.25, -0.2) is 15.0 Å². The summed E-state index contributed by atoms with van der Waals surface area (Å²) < 4.78 is 7.86. The van der Waals surface area contributed by atoms with Crippen molar-refractivity contribution in [2.24, 2.45) is 0 Å². The van der Waals surface area contributed by atoms with Gasteiger partial charge in [0.2, 0.25) is 11.9 Å². The largest absolute Gasteiger partial charge is 0.365 e. The lowest BCUT2D eigenvalue weighted by Gasteiger charge is -2.34. The molecule has 8 nitrogen and oxygen atoms in total. The van der Waals surface area contributed by atoms with Gasteiger partial charge in [-0.3, -0.25) is 4.79 Å². The van der Waals surface area contributed by atoms with E-state index in [2.05, 4.69) is 31.3 Å². The van der Waals surface area contributed by atoms with Crippen LogP contribution in [0.4, 0.5) is 5.95 Å². The maximum Gasteiger partial charge on any atom is 0.248 e. The molecule has 0 N–H and O–H groups in total. The first-order valence-corrected chi connectivity index (χ1v) is 9.17. The van der Waals surface area contributed by atoms with Gasteiger partial charge in [-0.1, -0.05) is 0 Å². The van der Waals surface area contributed by atoms with Crippen molar-refractivity contribution in [3.8, 4) is 0 Å². The fourth-order valence-corrected chi connectivity index (χ4v) is 3.69. The van der Waals surface area contributed by atoms with Gasteiger partial charge >= 0.3 is 0 Å². The Morgan fingerprint density at radius 2 is 1.92 bits per heavy atom. The van der Waals surface area contributed by atoms with E-state index >= 15 is 0 Å². The molecule has 0 aliphatic carbocycles. The van der Waals surface area contributed by atoms with Crippen molar-refractivity contribution in [3.63, 3.8) is 0 Å². The molecule has 2 aromatic heterocycles. The van der Waals surface area contributed by atoms with E-state index in [1.807, 2.05) is 17.2 Å². The Kier molecular flexibility index (Phi) is 4.83. The number of amides is 1. The van der Waals surface area contributed by atoms with Crippen LogP contribution in [0.1, 0.15) is 37.3 Å². The second-order valence-electron chi connectivity index (χ2n) is 6.76. The van der Waals surface area contributed by atoms with Gasteiger partial charge in [-0.05, 0) is 25.8 Å². The topological polar surface area (TPSA) is 76.4 Å². The number of carbonyl (C=O) groups excluding carboxylic acids is 1. The van der Waals surface area contributed by atoms with Gasteiger partial charge in [0.25, 0.3) is 0 Å². The highest BCUT2D eigenvalue weighted by Gasteiger charge is 2.28. The van der Waals surface area contributed by atoms with Gasteiger partial charge < -0.3 is 19.1 Å². The smallest absolute Gasteiger partial charge is 0.248 e. The van der Waals surface area contributed by atoms with Gasteiger partial charge in [0.15, 0.2) is 0 Å². The third kappa shape index (κ3) is 3.29. The molecular weight excluding hydrogens is 332 g/mol. The number of hydrogen-bond donors (Lipinski definition) is 0. The van der Waals surface area contributed by atoms with Crippen molar-refractivity contribution in [1.82, 2.24) is 24.4 Å². The Hall–Kier alpha value is -2.48. The van der Waals surface area contributed by atoms with Crippen LogP contribution in [0.25, 0.3) is 0 Å². The van der Waals surface area contributed by atoms with E-state index in [9.17, 15) is 4.79 Å². The number of likely N-dealkylation sites (tertiary alicyclic amines) is 1. The third-order valence-corrected chi connectivity index (χ3v) is 5.12. The molecule has 1 atom stereocenters. The number of imidazole rings is 1. The number of aromatic nitrogens is 4. The lowest BCUT2D eigenvalue weighted by molar-refractivity contribution is -0.135. The minimum atomic E-state index is 0.0849. The summed E-state index contributed by atoms with van der Waals surface area (Å²) in [5.74, 6) is 1.79. The Morgan fingerprint density at radius 1 is 1.15 bits per heavy atom. The molecule has 2 aliphatic rings. The van der Waals surface area contributed by atoms with Gasteiger partial charge in [0.1, 0.15) is 12.4 Å². The molecule has 138 valence electrons. The van der Waals surface area contributed by atoms with Crippen LogP contribution in [0.15, 0.2) is 24.7 Å². The van der Waals surface area contributed by atoms with Crippen LogP contribution < -0.4 is 4.90 Å². The zero-order chi connectivity index (χ0) is 17.9. The standard InChI is InChI=1S/C18H24N6O2/c1-14-17-21-11-15(12-26-13-16(25)22-7-2-3-8-22)24(17)10-9-23(14)18-19-5-4-6-20-18/h4-6,11,14H,2-3,7-10,12-13H2,1H3/t14-/m0/s1. The molecule has 0 radical (unpaired) electrons. The lowest BCUT2D eigenvalue weighted by atomic mass is 10.2. The molecule has 2 aliphatic heterocycles. The molecular formula is C18H24N6O2. The molecule has 0 bridgehead atoms. The van der Waals surface area contributed by atoms with Crippen LogP contribution in [-0.4, -0.2) is 56.6 Å². The summed E-state index contributed by atoms with van der Waals surface area (Å²) in [6.45, 7) is 5.99. The molecule has 0 aromatic carbocycles. The van der Waals surface area contributed by atoms with Crippen LogP contribution in [0, 0.1) is 0 Å². The number of anilines is 1. The zero-order valence-electron chi connectivity index (χ0n) is 15.0. The minimum Gasteiger partial charge on any atom is -0.365 e. The second kappa shape index (κ2) is 7.41. The van der Waals surface area contributed by atoms with E-state index in [0.29, 0.717) is 6.61 Å². The van der Waals surface area contributed by atoms with E-state index in [1.165, 1.54) is 0 Å². The first-order chi connectivity index (χ1) is 12.7. The van der Waals surface area contributed by atoms with Gasteiger partial charge in [0.05, 0.1) is 24.5 Å². The quantitative estimate of drug-likeness (QED) is 0.806. The van der Waals surface area contributed by atoms with Crippen molar-refractivity contribution in [3.05, 3.63) is 36.2 Å². The molecule has 0 saturated carbocycles. The summed E-state index contributed by atoms with van der Waals surface area (Å²) >= 11 is 0. The number of hydrogen-bond acceptors (Lipinski definition) is 6. The summed E-state index contributed by atoms with van der Waals surface area (Å²) in [5.41, 5.74) is 1.01. The predicted octanol–water partition coefficient (Wildman–Crippen LogP) is 1.39. The number of nitrogens with zero attached hydrogens (tertiary/aromatic N) is 6. The van der Waals surface area contributed by atoms with Crippen molar-refractivity contribution in [2.45, 2.75) is 39.0 Å². The average Bonchev–Trinajstić information content (AvgIpc) is 3.33. The van der Waals surface area contributed by atoms with E-state index in [-0.39, 0.29) is 18.6 Å². The molecule has 1 fully saturated rings. The van der Waals surface area contributed by atoms with E-state index in [1.54, 1.807) is 12.4 Å². The fraction of sp³-hybridized carbons (Fsp3) is 0.556. The summed E-state index contributed by atoms with van der Waals surface area (Å²) in [6, 6.07) is 1.91. The Balaban J connectivity index is 1.38. The summed E-state index contributed by atoms with van der Waals surface area (Å²) in [4.78, 5) is 29.4. The molecule has 8 heteroatoms. The summed E-state index contributed by atoms with van der Waals surface area (Å²) in [7, 11) is 0. The van der Waals surface area contributed by atoms with E-state index in [4.69, 9.17) is 4.74 Å². The highest BCUT2D eigenvalue weighted by atomic mass is 16.5. The normalized spacial score (nSPS) is 19.7. The first-order valence-electron chi connectivity index (χ1n) is 9.17. The predicted molar refractivity (Wildman–Crippen MR) is 95.5 cm³/mol. The van der Waals surface area contributed by atoms with Crippen LogP contribution in [0.5, 0.6) is 0 Å². The molecule has 26 heavy (non-hydrogen) atoms. The van der Waals surface area contributed by atoms with Gasteiger partial charge in [-0.2, -0.15) is 0 Å². The molecule has 1 amide bonds. The second-order valence-corrected chi connectivity index (χ2v) is 6.76. The van der Waals surface area contributed by atoms with Gasteiger partial charge in [0, 0.05) is 38.6 Å². The molecule has 4 heterocycles. The number of ether oxygens (including phenoxy) is 1. The van der Waals surface area contributed by atoms with E-state index in [0.717, 1.165) is 56.5 Å².